The molecule has 4 nitrogen and oxygen atoms in total. The monoisotopic (exact) mass is 325 g/mol. The Kier molecular flexibility index (Phi) is 4.57. The van der Waals surface area contributed by atoms with Gasteiger partial charge in [-0.15, -0.1) is 11.3 Å². The summed E-state index contributed by atoms with van der Waals surface area (Å²) in [6.45, 7) is 4.77. The van der Waals surface area contributed by atoms with E-state index in [4.69, 9.17) is 0 Å². The van der Waals surface area contributed by atoms with Crippen molar-refractivity contribution < 1.29 is 4.79 Å². The van der Waals surface area contributed by atoms with E-state index in [1.807, 2.05) is 25.1 Å². The first-order valence-corrected chi connectivity index (χ1v) is 8.45. The Bertz CT molecular complexity index is 802. The SMILES string of the molecule is CCc1ccc(Cn2nccc2NC(=O)c2ccc(C)s2)cc1. The van der Waals surface area contributed by atoms with Gasteiger partial charge in [-0.3, -0.25) is 4.79 Å². The second kappa shape index (κ2) is 6.79. The number of thiophene rings is 1. The first-order chi connectivity index (χ1) is 11.2. The van der Waals surface area contributed by atoms with E-state index < -0.39 is 0 Å². The molecule has 5 heteroatoms. The zero-order valence-corrected chi connectivity index (χ0v) is 14.1. The van der Waals surface area contributed by atoms with E-state index in [0.717, 1.165) is 16.9 Å². The maximum atomic E-state index is 12.3. The number of nitrogens with one attached hydrogen (secondary N) is 1. The van der Waals surface area contributed by atoms with Gasteiger partial charge in [0.25, 0.3) is 5.91 Å². The summed E-state index contributed by atoms with van der Waals surface area (Å²) in [5.74, 6) is 0.617. The number of carbonyl (C=O) groups is 1. The van der Waals surface area contributed by atoms with Crippen LogP contribution in [0.2, 0.25) is 0 Å². The lowest BCUT2D eigenvalue weighted by Crippen LogP contribution is -2.15. The molecule has 0 atom stereocenters. The zero-order chi connectivity index (χ0) is 16.2. The summed E-state index contributed by atoms with van der Waals surface area (Å²) in [6.07, 6.45) is 2.74. The standard InChI is InChI=1S/C18H19N3OS/c1-3-14-5-7-15(8-6-14)12-21-17(10-11-19-21)20-18(22)16-9-4-13(2)23-16/h4-11H,3,12H2,1-2H3,(H,20,22). The summed E-state index contributed by atoms with van der Waals surface area (Å²) in [6, 6.07) is 14.1. The van der Waals surface area contributed by atoms with Crippen LogP contribution in [0.4, 0.5) is 5.82 Å². The molecule has 1 amide bonds. The van der Waals surface area contributed by atoms with Crippen LogP contribution in [0.15, 0.2) is 48.7 Å². The third-order valence-electron chi connectivity index (χ3n) is 3.69. The number of hydrogen-bond donors (Lipinski definition) is 1. The van der Waals surface area contributed by atoms with E-state index in [2.05, 4.69) is 41.6 Å². The van der Waals surface area contributed by atoms with Crippen molar-refractivity contribution in [3.63, 3.8) is 0 Å². The Balaban J connectivity index is 1.72. The second-order valence-corrected chi connectivity index (χ2v) is 6.70. The van der Waals surface area contributed by atoms with Crippen LogP contribution < -0.4 is 5.32 Å². The van der Waals surface area contributed by atoms with Crippen molar-refractivity contribution in [1.29, 1.82) is 0 Å². The van der Waals surface area contributed by atoms with Crippen molar-refractivity contribution in [3.05, 3.63) is 69.5 Å². The molecule has 118 valence electrons. The van der Waals surface area contributed by atoms with Gasteiger partial charge in [-0.2, -0.15) is 5.10 Å². The van der Waals surface area contributed by atoms with Gasteiger partial charge in [-0.05, 0) is 36.6 Å². The van der Waals surface area contributed by atoms with Gasteiger partial charge in [0, 0.05) is 10.9 Å². The highest BCUT2D eigenvalue weighted by Crippen LogP contribution is 2.18. The minimum atomic E-state index is -0.0915. The predicted molar refractivity (Wildman–Crippen MR) is 94.2 cm³/mol. The summed E-state index contributed by atoms with van der Waals surface area (Å²) >= 11 is 1.49. The van der Waals surface area contributed by atoms with Crippen LogP contribution >= 0.6 is 11.3 Å². The van der Waals surface area contributed by atoms with Crippen LogP contribution in [-0.2, 0) is 13.0 Å². The number of carbonyl (C=O) groups excluding carboxylic acids is 1. The number of nitrogens with zero attached hydrogens (tertiary/aromatic N) is 2. The molecule has 2 aromatic heterocycles. The summed E-state index contributed by atoms with van der Waals surface area (Å²) < 4.78 is 1.80. The number of amides is 1. The average molecular weight is 325 g/mol. The van der Waals surface area contributed by atoms with Crippen molar-refractivity contribution in [2.75, 3.05) is 5.32 Å². The van der Waals surface area contributed by atoms with E-state index in [9.17, 15) is 4.79 Å². The fourth-order valence-corrected chi connectivity index (χ4v) is 3.12. The van der Waals surface area contributed by atoms with Gasteiger partial charge in [0.05, 0.1) is 17.6 Å². The zero-order valence-electron chi connectivity index (χ0n) is 13.2. The third kappa shape index (κ3) is 3.68. The molecule has 0 aliphatic heterocycles. The number of rotatable bonds is 5. The van der Waals surface area contributed by atoms with Crippen LogP contribution in [0.5, 0.6) is 0 Å². The molecule has 0 fully saturated rings. The van der Waals surface area contributed by atoms with E-state index in [0.29, 0.717) is 17.2 Å². The Morgan fingerprint density at radius 2 is 1.87 bits per heavy atom. The molecule has 2 heterocycles. The fourth-order valence-electron chi connectivity index (χ4n) is 2.35. The number of hydrogen-bond acceptors (Lipinski definition) is 3. The van der Waals surface area contributed by atoms with Gasteiger partial charge >= 0.3 is 0 Å². The summed E-state index contributed by atoms with van der Waals surface area (Å²) in [5, 5.41) is 7.25. The molecule has 0 aliphatic rings. The third-order valence-corrected chi connectivity index (χ3v) is 4.69. The highest BCUT2D eigenvalue weighted by atomic mass is 32.1. The Hall–Kier alpha value is -2.40. The van der Waals surface area contributed by atoms with Crippen molar-refractivity contribution in [1.82, 2.24) is 9.78 Å². The Labute approximate surface area is 139 Å². The highest BCUT2D eigenvalue weighted by Gasteiger charge is 2.11. The molecular weight excluding hydrogens is 306 g/mol. The van der Waals surface area contributed by atoms with E-state index in [1.54, 1.807) is 10.9 Å². The van der Waals surface area contributed by atoms with Crippen LogP contribution in [-0.4, -0.2) is 15.7 Å². The summed E-state index contributed by atoms with van der Waals surface area (Å²) in [5.41, 5.74) is 2.48. The molecule has 3 aromatic rings. The lowest BCUT2D eigenvalue weighted by molar-refractivity contribution is 0.102. The quantitative estimate of drug-likeness (QED) is 0.767. The average Bonchev–Trinajstić information content (AvgIpc) is 3.17. The molecule has 23 heavy (non-hydrogen) atoms. The molecule has 1 N–H and O–H groups in total. The van der Waals surface area contributed by atoms with Gasteiger partial charge in [0.15, 0.2) is 0 Å². The molecule has 3 rings (SSSR count). The largest absolute Gasteiger partial charge is 0.306 e. The molecule has 0 saturated carbocycles. The highest BCUT2D eigenvalue weighted by molar-refractivity contribution is 7.14. The maximum Gasteiger partial charge on any atom is 0.266 e. The Morgan fingerprint density at radius 1 is 1.13 bits per heavy atom. The van der Waals surface area contributed by atoms with Gasteiger partial charge in [-0.25, -0.2) is 4.68 Å². The smallest absolute Gasteiger partial charge is 0.266 e. The number of anilines is 1. The predicted octanol–water partition coefficient (Wildman–Crippen LogP) is 4.12. The topological polar surface area (TPSA) is 46.9 Å². The number of benzene rings is 1. The van der Waals surface area contributed by atoms with E-state index in [1.165, 1.54) is 16.9 Å². The van der Waals surface area contributed by atoms with E-state index >= 15 is 0 Å². The molecule has 0 aliphatic carbocycles. The molecule has 0 spiro atoms. The second-order valence-electron chi connectivity index (χ2n) is 5.41. The lowest BCUT2D eigenvalue weighted by atomic mass is 10.1. The number of aromatic nitrogens is 2. The molecular formula is C18H19N3OS. The summed E-state index contributed by atoms with van der Waals surface area (Å²) in [7, 11) is 0. The molecule has 0 radical (unpaired) electrons. The Morgan fingerprint density at radius 3 is 2.52 bits per heavy atom. The molecule has 0 bridgehead atoms. The van der Waals surface area contributed by atoms with E-state index in [-0.39, 0.29) is 5.91 Å². The molecule has 1 aromatic carbocycles. The first kappa shape index (κ1) is 15.5. The van der Waals surface area contributed by atoms with Crippen LogP contribution in [0, 0.1) is 6.92 Å². The lowest BCUT2D eigenvalue weighted by Gasteiger charge is -2.09. The maximum absolute atomic E-state index is 12.3. The minimum absolute atomic E-state index is 0.0915. The molecule has 0 unspecified atom stereocenters. The van der Waals surface area contributed by atoms with Crippen LogP contribution in [0.25, 0.3) is 0 Å². The summed E-state index contributed by atoms with van der Waals surface area (Å²) in [4.78, 5) is 14.1. The minimum Gasteiger partial charge on any atom is -0.306 e. The molecule has 0 saturated heterocycles. The van der Waals surface area contributed by atoms with Gasteiger partial charge in [0.1, 0.15) is 5.82 Å². The van der Waals surface area contributed by atoms with Gasteiger partial charge < -0.3 is 5.32 Å². The normalized spacial score (nSPS) is 10.7. The van der Waals surface area contributed by atoms with Crippen molar-refractivity contribution >= 4 is 23.1 Å². The van der Waals surface area contributed by atoms with Crippen molar-refractivity contribution in [2.45, 2.75) is 26.8 Å². The fraction of sp³-hybridized carbons (Fsp3) is 0.222. The van der Waals surface area contributed by atoms with Gasteiger partial charge in [-0.1, -0.05) is 31.2 Å². The van der Waals surface area contributed by atoms with Crippen molar-refractivity contribution in [2.24, 2.45) is 0 Å². The first-order valence-electron chi connectivity index (χ1n) is 7.63. The van der Waals surface area contributed by atoms with Crippen LogP contribution in [0.1, 0.15) is 32.6 Å². The van der Waals surface area contributed by atoms with Crippen molar-refractivity contribution in [3.8, 4) is 0 Å². The van der Waals surface area contributed by atoms with Crippen LogP contribution in [0.3, 0.4) is 0 Å². The number of aryl methyl sites for hydroxylation is 2. The van der Waals surface area contributed by atoms with Gasteiger partial charge in [0.2, 0.25) is 0 Å².